The second-order valence-electron chi connectivity index (χ2n) is 3.94. The van der Waals surface area contributed by atoms with E-state index in [0.717, 1.165) is 0 Å². The van der Waals surface area contributed by atoms with Crippen molar-refractivity contribution in [1.29, 1.82) is 0 Å². The minimum absolute atomic E-state index is 1.24. The molecule has 0 radical (unpaired) electrons. The fraction of sp³-hybridized carbons (Fsp3) is 0.583. The van der Waals surface area contributed by atoms with Gasteiger partial charge in [0.05, 0.1) is 0 Å². The molecule has 0 N–H and O–H groups in total. The molecule has 0 amide bonds. The molecule has 0 spiro atoms. The van der Waals surface area contributed by atoms with E-state index in [4.69, 9.17) is 25.5 Å². The molecule has 0 aromatic heterocycles. The molecule has 0 unspecified atom stereocenters. The molecule has 0 aliphatic carbocycles. The van der Waals surface area contributed by atoms with Crippen LogP contribution in [0.1, 0.15) is 41.2 Å². The van der Waals surface area contributed by atoms with Crippen LogP contribution in [-0.2, 0) is 24.6 Å². The number of rotatable bonds is 2. The fourth-order valence-corrected chi connectivity index (χ4v) is 1.92. The quantitative estimate of drug-likeness (QED) is 0.597. The molecule has 16 heavy (non-hydrogen) atoms. The van der Waals surface area contributed by atoms with Gasteiger partial charge in [0.25, 0.3) is 0 Å². The van der Waals surface area contributed by atoms with Gasteiger partial charge < -0.3 is 0 Å². The zero-order valence-corrected chi connectivity index (χ0v) is 15.3. The third-order valence-corrected chi connectivity index (χ3v) is 3.09. The summed E-state index contributed by atoms with van der Waals surface area (Å²) in [6.45, 7) is 11.2. The van der Waals surface area contributed by atoms with E-state index in [-0.39, 0.29) is 0 Å². The van der Waals surface area contributed by atoms with E-state index in [1.54, 1.807) is 5.56 Å². The first kappa shape index (κ1) is 17.1. The van der Waals surface area contributed by atoms with Crippen LogP contribution < -0.4 is 0 Å². The Kier molecular flexibility index (Phi) is 8.82. The molecule has 93 valence electrons. The Morgan fingerprint density at radius 1 is 1.06 bits per heavy atom. The van der Waals surface area contributed by atoms with Gasteiger partial charge in [-0.1, -0.05) is 47.5 Å². The molecule has 0 heterocycles. The van der Waals surface area contributed by atoms with Crippen molar-refractivity contribution in [2.24, 2.45) is 0 Å². The molecule has 1 aromatic carbocycles. The molecular formula is C12H19Cl3Zr-. The van der Waals surface area contributed by atoms with Crippen LogP contribution in [0.5, 0.6) is 0 Å². The third kappa shape index (κ3) is 5.17. The Balaban J connectivity index is 0.000000487. The van der Waals surface area contributed by atoms with Crippen molar-refractivity contribution in [3.63, 3.8) is 0 Å². The summed E-state index contributed by atoms with van der Waals surface area (Å²) in [5.74, 6) is 0. The van der Waals surface area contributed by atoms with Crippen LogP contribution in [0, 0.1) is 27.7 Å². The van der Waals surface area contributed by atoms with Crippen molar-refractivity contribution in [3.8, 4) is 0 Å². The SMILES string of the molecule is CCCc1c(C)c(C)c(C)[c-]1C.[Cl][Zr]([Cl])[Cl]. The van der Waals surface area contributed by atoms with Crippen molar-refractivity contribution >= 4 is 25.5 Å². The van der Waals surface area contributed by atoms with E-state index in [9.17, 15) is 0 Å². The van der Waals surface area contributed by atoms with Gasteiger partial charge in [-0.05, 0) is 0 Å². The predicted octanol–water partition coefficient (Wildman–Crippen LogP) is 5.66. The van der Waals surface area contributed by atoms with E-state index in [2.05, 4.69) is 34.6 Å². The minimum atomic E-state index is -2.13. The Labute approximate surface area is 118 Å². The van der Waals surface area contributed by atoms with E-state index in [0.29, 0.717) is 0 Å². The Morgan fingerprint density at radius 3 is 1.75 bits per heavy atom. The molecule has 0 aliphatic rings. The van der Waals surface area contributed by atoms with E-state index >= 15 is 0 Å². The van der Waals surface area contributed by atoms with Crippen LogP contribution in [0.15, 0.2) is 0 Å². The van der Waals surface area contributed by atoms with Crippen molar-refractivity contribution in [1.82, 2.24) is 0 Å². The van der Waals surface area contributed by atoms with Gasteiger partial charge in [-0.3, -0.25) is 0 Å². The summed E-state index contributed by atoms with van der Waals surface area (Å²) in [6.07, 6.45) is 2.50. The van der Waals surface area contributed by atoms with Gasteiger partial charge in [0.15, 0.2) is 0 Å². The predicted molar refractivity (Wildman–Crippen MR) is 72.5 cm³/mol. The van der Waals surface area contributed by atoms with Gasteiger partial charge in [0.2, 0.25) is 0 Å². The Morgan fingerprint density at radius 2 is 1.50 bits per heavy atom. The monoisotopic (exact) mass is 358 g/mol. The molecule has 0 bridgehead atoms. The molecule has 0 atom stereocenters. The first-order valence-electron chi connectivity index (χ1n) is 5.38. The molecule has 0 saturated carbocycles. The summed E-state index contributed by atoms with van der Waals surface area (Å²) in [5, 5.41) is 0. The topological polar surface area (TPSA) is 0 Å². The summed E-state index contributed by atoms with van der Waals surface area (Å²) < 4.78 is 0. The molecule has 0 nitrogen and oxygen atoms in total. The average molecular weight is 361 g/mol. The maximum atomic E-state index is 5.00. The number of hydrogen-bond donors (Lipinski definition) is 0. The second kappa shape index (κ2) is 8.25. The van der Waals surface area contributed by atoms with Crippen molar-refractivity contribution in [3.05, 3.63) is 27.8 Å². The van der Waals surface area contributed by atoms with Crippen LogP contribution in [0.4, 0.5) is 0 Å². The van der Waals surface area contributed by atoms with Crippen molar-refractivity contribution in [2.75, 3.05) is 0 Å². The van der Waals surface area contributed by atoms with E-state index in [1.807, 2.05) is 0 Å². The van der Waals surface area contributed by atoms with Gasteiger partial charge in [-0.15, -0.1) is 0 Å². The fourth-order valence-electron chi connectivity index (χ4n) is 1.92. The normalized spacial score (nSPS) is 9.75. The zero-order valence-electron chi connectivity index (χ0n) is 10.5. The second-order valence-corrected chi connectivity index (χ2v) is 15.1. The first-order chi connectivity index (χ1) is 7.32. The zero-order chi connectivity index (χ0) is 12.9. The van der Waals surface area contributed by atoms with Crippen LogP contribution >= 0.6 is 25.5 Å². The van der Waals surface area contributed by atoms with E-state index < -0.39 is 18.2 Å². The van der Waals surface area contributed by atoms with Crippen molar-refractivity contribution in [2.45, 2.75) is 47.5 Å². The van der Waals surface area contributed by atoms with Crippen LogP contribution in [-0.4, -0.2) is 0 Å². The van der Waals surface area contributed by atoms with Crippen molar-refractivity contribution < 1.29 is 18.2 Å². The molecule has 0 aliphatic heterocycles. The average Bonchev–Trinajstić information content (AvgIpc) is 2.35. The van der Waals surface area contributed by atoms with Crippen LogP contribution in [0.25, 0.3) is 0 Å². The van der Waals surface area contributed by atoms with Gasteiger partial charge in [0.1, 0.15) is 0 Å². The molecule has 4 heteroatoms. The number of hydrogen-bond acceptors (Lipinski definition) is 0. The summed E-state index contributed by atoms with van der Waals surface area (Å²) in [5.41, 5.74) is 7.62. The summed E-state index contributed by atoms with van der Waals surface area (Å²) >= 11 is -2.13. The first-order valence-corrected chi connectivity index (χ1v) is 14.9. The van der Waals surface area contributed by atoms with Crippen LogP contribution in [0.3, 0.4) is 0 Å². The van der Waals surface area contributed by atoms with E-state index in [1.165, 1.54) is 35.1 Å². The van der Waals surface area contributed by atoms with Gasteiger partial charge in [-0.2, -0.15) is 27.8 Å². The Hall–Kier alpha value is 1.10. The molecule has 0 fully saturated rings. The van der Waals surface area contributed by atoms with Gasteiger partial charge in [-0.25, -0.2) is 0 Å². The maximum absolute atomic E-state index is 5.00. The molecular weight excluding hydrogens is 342 g/mol. The van der Waals surface area contributed by atoms with Gasteiger partial charge in [0, 0.05) is 0 Å². The molecule has 1 rings (SSSR count). The molecule has 1 aromatic rings. The Bertz CT molecular complexity index is 301. The molecule has 0 saturated heterocycles. The summed E-state index contributed by atoms with van der Waals surface area (Å²) in [7, 11) is 15.0. The number of halogens is 3. The standard InChI is InChI=1S/C12H19.3ClH.Zr/c1-6-7-12-10(4)8(2)9(3)11(12)5;;;;/h6-7H2,1-5H3;3*1H;/q-1;;;;+3/p-3. The third-order valence-electron chi connectivity index (χ3n) is 3.09. The summed E-state index contributed by atoms with van der Waals surface area (Å²) in [6, 6.07) is 0. The van der Waals surface area contributed by atoms with Crippen LogP contribution in [0.2, 0.25) is 0 Å². The summed E-state index contributed by atoms with van der Waals surface area (Å²) in [4.78, 5) is 0. The van der Waals surface area contributed by atoms with Gasteiger partial charge >= 0.3 is 43.7 Å².